The number of aryl methyl sites for hydroxylation is 1. The van der Waals surface area contributed by atoms with Crippen molar-refractivity contribution in [3.8, 4) is 0 Å². The van der Waals surface area contributed by atoms with E-state index in [0.717, 1.165) is 12.8 Å². The first kappa shape index (κ1) is 18.3. The third-order valence-electron chi connectivity index (χ3n) is 5.09. The minimum absolute atomic E-state index is 0.0156. The standard InChI is InChI=1S/C18H24N4O4/c1-12-11-14(3-6-16(12)22(25)26)18(24)21-9-7-20(8-10-21)13(2)17(23)19-15-4-5-15/h3,6,11,13,15H,4-5,7-10H2,1-2H3,(H,19,23). The number of hydrogen-bond acceptors (Lipinski definition) is 5. The molecule has 1 aromatic rings. The number of amides is 2. The van der Waals surface area contributed by atoms with Gasteiger partial charge in [-0.1, -0.05) is 0 Å². The van der Waals surface area contributed by atoms with Crippen LogP contribution in [0.4, 0.5) is 5.69 Å². The number of carbonyl (C=O) groups excluding carboxylic acids is 2. The topological polar surface area (TPSA) is 95.8 Å². The van der Waals surface area contributed by atoms with Crippen LogP contribution in [0.5, 0.6) is 0 Å². The summed E-state index contributed by atoms with van der Waals surface area (Å²) < 4.78 is 0. The van der Waals surface area contributed by atoms with Gasteiger partial charge in [0.15, 0.2) is 0 Å². The second-order valence-electron chi connectivity index (χ2n) is 7.05. The van der Waals surface area contributed by atoms with Gasteiger partial charge in [0, 0.05) is 49.4 Å². The summed E-state index contributed by atoms with van der Waals surface area (Å²) in [6.45, 7) is 5.88. The molecule has 26 heavy (non-hydrogen) atoms. The third kappa shape index (κ3) is 4.01. The maximum atomic E-state index is 12.7. The minimum Gasteiger partial charge on any atom is -0.352 e. The Hall–Kier alpha value is -2.48. The lowest BCUT2D eigenvalue weighted by Crippen LogP contribution is -2.55. The van der Waals surface area contributed by atoms with Crippen LogP contribution in [-0.4, -0.2) is 64.8 Å². The summed E-state index contributed by atoms with van der Waals surface area (Å²) in [5.74, 6) is -0.0731. The van der Waals surface area contributed by atoms with Crippen molar-refractivity contribution < 1.29 is 14.5 Å². The molecule has 8 heteroatoms. The molecular formula is C18H24N4O4. The van der Waals surface area contributed by atoms with Crippen LogP contribution in [0.25, 0.3) is 0 Å². The number of nitrogens with zero attached hydrogens (tertiary/aromatic N) is 3. The quantitative estimate of drug-likeness (QED) is 0.631. The van der Waals surface area contributed by atoms with Crippen LogP contribution in [0, 0.1) is 17.0 Å². The van der Waals surface area contributed by atoms with Gasteiger partial charge in [0.2, 0.25) is 5.91 Å². The van der Waals surface area contributed by atoms with Crippen molar-refractivity contribution in [2.24, 2.45) is 0 Å². The first-order valence-corrected chi connectivity index (χ1v) is 8.95. The number of carbonyl (C=O) groups is 2. The fourth-order valence-corrected chi connectivity index (χ4v) is 3.20. The fourth-order valence-electron chi connectivity index (χ4n) is 3.20. The van der Waals surface area contributed by atoms with E-state index in [1.54, 1.807) is 17.9 Å². The Morgan fingerprint density at radius 2 is 1.88 bits per heavy atom. The molecule has 3 rings (SSSR count). The highest BCUT2D eigenvalue weighted by Gasteiger charge is 2.31. The molecule has 1 saturated carbocycles. The van der Waals surface area contributed by atoms with Crippen molar-refractivity contribution in [2.75, 3.05) is 26.2 Å². The largest absolute Gasteiger partial charge is 0.352 e. The monoisotopic (exact) mass is 360 g/mol. The summed E-state index contributed by atoms with van der Waals surface area (Å²) in [6, 6.07) is 4.60. The number of benzene rings is 1. The van der Waals surface area contributed by atoms with E-state index in [1.807, 2.05) is 6.92 Å². The van der Waals surface area contributed by atoms with E-state index in [9.17, 15) is 19.7 Å². The van der Waals surface area contributed by atoms with Crippen LogP contribution in [0.3, 0.4) is 0 Å². The lowest BCUT2D eigenvalue weighted by atomic mass is 10.1. The molecule has 0 spiro atoms. The zero-order valence-corrected chi connectivity index (χ0v) is 15.1. The Kier molecular flexibility index (Phi) is 5.22. The van der Waals surface area contributed by atoms with Gasteiger partial charge in [-0.15, -0.1) is 0 Å². The van der Waals surface area contributed by atoms with Gasteiger partial charge in [-0.3, -0.25) is 24.6 Å². The summed E-state index contributed by atoms with van der Waals surface area (Å²) in [7, 11) is 0. The molecule has 8 nitrogen and oxygen atoms in total. The molecule has 0 aromatic heterocycles. The first-order valence-electron chi connectivity index (χ1n) is 8.95. The molecular weight excluding hydrogens is 336 g/mol. The Labute approximate surface area is 152 Å². The highest BCUT2D eigenvalue weighted by molar-refractivity contribution is 5.94. The van der Waals surface area contributed by atoms with Crippen LogP contribution >= 0.6 is 0 Å². The molecule has 1 atom stereocenters. The van der Waals surface area contributed by atoms with E-state index in [4.69, 9.17) is 0 Å². The Balaban J connectivity index is 1.57. The van der Waals surface area contributed by atoms with Gasteiger partial charge in [-0.2, -0.15) is 0 Å². The number of hydrogen-bond donors (Lipinski definition) is 1. The molecule has 1 aliphatic heterocycles. The summed E-state index contributed by atoms with van der Waals surface area (Å²) >= 11 is 0. The molecule has 0 bridgehead atoms. The lowest BCUT2D eigenvalue weighted by molar-refractivity contribution is -0.385. The van der Waals surface area contributed by atoms with Crippen molar-refractivity contribution in [2.45, 2.75) is 38.8 Å². The molecule has 1 aliphatic carbocycles. The predicted molar refractivity (Wildman–Crippen MR) is 95.9 cm³/mol. The Morgan fingerprint density at radius 3 is 2.42 bits per heavy atom. The van der Waals surface area contributed by atoms with E-state index in [0.29, 0.717) is 43.3 Å². The molecule has 2 fully saturated rings. The summed E-state index contributed by atoms with van der Waals surface area (Å²) in [5.41, 5.74) is 0.952. The number of nitrogens with one attached hydrogen (secondary N) is 1. The summed E-state index contributed by atoms with van der Waals surface area (Å²) in [5, 5.41) is 13.9. The van der Waals surface area contributed by atoms with E-state index in [2.05, 4.69) is 10.2 Å². The van der Waals surface area contributed by atoms with Crippen molar-refractivity contribution in [3.05, 3.63) is 39.4 Å². The molecule has 140 valence electrons. The third-order valence-corrected chi connectivity index (χ3v) is 5.09. The van der Waals surface area contributed by atoms with Crippen LogP contribution in [-0.2, 0) is 4.79 Å². The van der Waals surface area contributed by atoms with Crippen molar-refractivity contribution in [3.63, 3.8) is 0 Å². The van der Waals surface area contributed by atoms with Gasteiger partial charge in [0.05, 0.1) is 11.0 Å². The second-order valence-corrected chi connectivity index (χ2v) is 7.05. The molecule has 1 heterocycles. The highest BCUT2D eigenvalue weighted by Crippen LogP contribution is 2.21. The average Bonchev–Trinajstić information content (AvgIpc) is 3.44. The Bertz CT molecular complexity index is 724. The number of rotatable bonds is 5. The predicted octanol–water partition coefficient (Wildman–Crippen LogP) is 1.33. The summed E-state index contributed by atoms with van der Waals surface area (Å²) in [6.07, 6.45) is 2.13. The van der Waals surface area contributed by atoms with Gasteiger partial charge < -0.3 is 10.2 Å². The van der Waals surface area contributed by atoms with Crippen LogP contribution < -0.4 is 5.32 Å². The van der Waals surface area contributed by atoms with E-state index < -0.39 is 4.92 Å². The van der Waals surface area contributed by atoms with E-state index in [-0.39, 0.29) is 23.5 Å². The molecule has 1 unspecified atom stereocenters. The van der Waals surface area contributed by atoms with Crippen LogP contribution in [0.2, 0.25) is 0 Å². The Morgan fingerprint density at radius 1 is 1.23 bits per heavy atom. The van der Waals surface area contributed by atoms with Crippen molar-refractivity contribution >= 4 is 17.5 Å². The normalized spacial score (nSPS) is 19.1. The van der Waals surface area contributed by atoms with Gasteiger partial charge >= 0.3 is 0 Å². The average molecular weight is 360 g/mol. The van der Waals surface area contributed by atoms with Gasteiger partial charge in [-0.05, 0) is 38.8 Å². The molecule has 1 saturated heterocycles. The van der Waals surface area contributed by atoms with Crippen LogP contribution in [0.15, 0.2) is 18.2 Å². The molecule has 1 N–H and O–H groups in total. The maximum Gasteiger partial charge on any atom is 0.272 e. The van der Waals surface area contributed by atoms with Gasteiger partial charge in [0.25, 0.3) is 11.6 Å². The van der Waals surface area contributed by atoms with E-state index >= 15 is 0 Å². The molecule has 0 radical (unpaired) electrons. The zero-order valence-electron chi connectivity index (χ0n) is 15.1. The molecule has 1 aromatic carbocycles. The van der Waals surface area contributed by atoms with E-state index in [1.165, 1.54) is 12.1 Å². The number of nitro benzene ring substituents is 1. The minimum atomic E-state index is -0.448. The first-order chi connectivity index (χ1) is 12.4. The van der Waals surface area contributed by atoms with Gasteiger partial charge in [-0.25, -0.2) is 0 Å². The summed E-state index contributed by atoms with van der Waals surface area (Å²) in [4.78, 5) is 39.1. The maximum absolute atomic E-state index is 12.7. The molecule has 2 aliphatic rings. The van der Waals surface area contributed by atoms with Gasteiger partial charge in [0.1, 0.15) is 0 Å². The smallest absolute Gasteiger partial charge is 0.272 e. The molecule has 2 amide bonds. The number of piperazine rings is 1. The lowest BCUT2D eigenvalue weighted by Gasteiger charge is -2.37. The highest BCUT2D eigenvalue weighted by atomic mass is 16.6. The zero-order chi connectivity index (χ0) is 18.8. The second kappa shape index (κ2) is 7.41. The van der Waals surface area contributed by atoms with Crippen molar-refractivity contribution in [1.82, 2.24) is 15.1 Å². The number of nitro groups is 1. The fraction of sp³-hybridized carbons (Fsp3) is 0.556. The SMILES string of the molecule is Cc1cc(C(=O)N2CCN(C(C)C(=O)NC3CC3)CC2)ccc1[N+](=O)[O-]. The van der Waals surface area contributed by atoms with Crippen LogP contribution in [0.1, 0.15) is 35.7 Å². The van der Waals surface area contributed by atoms with Crippen molar-refractivity contribution in [1.29, 1.82) is 0 Å².